The average molecular weight is 302 g/mol. The van der Waals surface area contributed by atoms with Crippen molar-refractivity contribution in [3.05, 3.63) is 27.0 Å². The molecule has 1 aromatic heterocycles. The number of nitrogens with one attached hydrogen (secondary N) is 1. The molecule has 0 aliphatic heterocycles. The van der Waals surface area contributed by atoms with Crippen LogP contribution in [0.2, 0.25) is 0 Å². The lowest BCUT2D eigenvalue weighted by atomic mass is 10.1. The Balaban J connectivity index is 2.85. The van der Waals surface area contributed by atoms with Crippen LogP contribution in [-0.2, 0) is 0 Å². The molecule has 0 saturated carbocycles. The number of anilines is 1. The van der Waals surface area contributed by atoms with Gasteiger partial charge in [-0.1, -0.05) is 19.8 Å². The van der Waals surface area contributed by atoms with Crippen LogP contribution in [0.3, 0.4) is 0 Å². The highest BCUT2D eigenvalue weighted by Crippen LogP contribution is 2.31. The molecule has 0 aliphatic carbocycles. The maximum absolute atomic E-state index is 10.9. The van der Waals surface area contributed by atoms with Crippen LogP contribution >= 0.6 is 15.9 Å². The minimum absolute atomic E-state index is 0.00252. The number of rotatable bonds is 6. The summed E-state index contributed by atoms with van der Waals surface area (Å²) in [5.41, 5.74) is 0.510. The van der Waals surface area contributed by atoms with Gasteiger partial charge in [-0.3, -0.25) is 15.1 Å². The molecule has 0 spiro atoms. The molecule has 0 saturated heterocycles. The summed E-state index contributed by atoms with van der Waals surface area (Å²) in [6.07, 6.45) is 6.03. The van der Waals surface area contributed by atoms with Gasteiger partial charge in [0.25, 0.3) is 0 Å². The average Bonchev–Trinajstić information content (AvgIpc) is 2.28. The van der Waals surface area contributed by atoms with E-state index in [0.717, 1.165) is 19.3 Å². The number of pyridine rings is 1. The van der Waals surface area contributed by atoms with E-state index in [1.54, 1.807) is 6.20 Å². The van der Waals surface area contributed by atoms with Gasteiger partial charge < -0.3 is 5.32 Å². The highest BCUT2D eigenvalue weighted by molar-refractivity contribution is 9.10. The molecule has 1 N–H and O–H groups in total. The lowest BCUT2D eigenvalue weighted by molar-refractivity contribution is -0.384. The van der Waals surface area contributed by atoms with Crippen LogP contribution < -0.4 is 5.32 Å². The highest BCUT2D eigenvalue weighted by Gasteiger charge is 2.18. The number of halogens is 1. The van der Waals surface area contributed by atoms with Gasteiger partial charge in [0.2, 0.25) is 0 Å². The molecule has 1 heterocycles. The Morgan fingerprint density at radius 2 is 2.29 bits per heavy atom. The molecular formula is C11H16BrN3O2. The van der Waals surface area contributed by atoms with Crippen LogP contribution in [-0.4, -0.2) is 15.9 Å². The summed E-state index contributed by atoms with van der Waals surface area (Å²) in [5.74, 6) is 0. The van der Waals surface area contributed by atoms with Gasteiger partial charge in [0.15, 0.2) is 0 Å². The molecule has 17 heavy (non-hydrogen) atoms. The topological polar surface area (TPSA) is 68.1 Å². The van der Waals surface area contributed by atoms with E-state index >= 15 is 0 Å². The Morgan fingerprint density at radius 3 is 2.88 bits per heavy atom. The van der Waals surface area contributed by atoms with Crippen molar-refractivity contribution in [3.8, 4) is 0 Å². The van der Waals surface area contributed by atoms with Gasteiger partial charge in [-0.2, -0.15) is 0 Å². The van der Waals surface area contributed by atoms with E-state index in [1.165, 1.54) is 6.20 Å². The minimum atomic E-state index is -0.424. The third-order valence-corrected chi connectivity index (χ3v) is 3.06. The van der Waals surface area contributed by atoms with Gasteiger partial charge in [0, 0.05) is 12.2 Å². The number of hydrogen-bond acceptors (Lipinski definition) is 4. The van der Waals surface area contributed by atoms with Gasteiger partial charge >= 0.3 is 5.69 Å². The fourth-order valence-corrected chi connectivity index (χ4v) is 1.97. The standard InChI is InChI=1S/C11H16BrN3O2/c1-3-4-5-8(2)14-11-9(12)6-13-7-10(11)15(16)17/h6-8H,3-5H2,1-2H3,(H,13,14). The summed E-state index contributed by atoms with van der Waals surface area (Å²) in [6, 6.07) is 0.201. The smallest absolute Gasteiger partial charge is 0.311 e. The monoisotopic (exact) mass is 301 g/mol. The normalized spacial score (nSPS) is 12.2. The van der Waals surface area contributed by atoms with E-state index in [4.69, 9.17) is 0 Å². The first kappa shape index (κ1) is 13.9. The fourth-order valence-electron chi connectivity index (χ4n) is 1.53. The summed E-state index contributed by atoms with van der Waals surface area (Å²) in [7, 11) is 0. The van der Waals surface area contributed by atoms with Crippen LogP contribution in [0.25, 0.3) is 0 Å². The molecular weight excluding hydrogens is 286 g/mol. The molecule has 5 nitrogen and oxygen atoms in total. The van der Waals surface area contributed by atoms with Crippen molar-refractivity contribution in [1.82, 2.24) is 4.98 Å². The second-order valence-corrected chi connectivity index (χ2v) is 4.81. The summed E-state index contributed by atoms with van der Waals surface area (Å²) in [5, 5.41) is 14.0. The van der Waals surface area contributed by atoms with Crippen LogP contribution in [0, 0.1) is 10.1 Å². The highest BCUT2D eigenvalue weighted by atomic mass is 79.9. The van der Waals surface area contributed by atoms with Crippen LogP contribution in [0.5, 0.6) is 0 Å². The predicted octanol–water partition coefficient (Wildman–Crippen LogP) is 3.74. The van der Waals surface area contributed by atoms with Crippen molar-refractivity contribution in [2.24, 2.45) is 0 Å². The van der Waals surface area contributed by atoms with E-state index in [9.17, 15) is 10.1 Å². The summed E-state index contributed by atoms with van der Waals surface area (Å²) in [6.45, 7) is 4.14. The Kier molecular flexibility index (Phi) is 5.34. The number of hydrogen-bond donors (Lipinski definition) is 1. The first-order chi connectivity index (χ1) is 8.06. The second-order valence-electron chi connectivity index (χ2n) is 3.96. The quantitative estimate of drug-likeness (QED) is 0.642. The van der Waals surface area contributed by atoms with E-state index in [1.807, 2.05) is 6.92 Å². The molecule has 1 aromatic rings. The molecule has 0 radical (unpaired) electrons. The Hall–Kier alpha value is -1.17. The van der Waals surface area contributed by atoms with Gasteiger partial charge in [0.05, 0.1) is 9.40 Å². The lowest BCUT2D eigenvalue weighted by Crippen LogP contribution is -2.16. The molecule has 0 aliphatic rings. The van der Waals surface area contributed by atoms with Crippen LogP contribution in [0.1, 0.15) is 33.1 Å². The third-order valence-electron chi connectivity index (χ3n) is 2.46. The first-order valence-corrected chi connectivity index (χ1v) is 6.40. The van der Waals surface area contributed by atoms with Gasteiger partial charge in [-0.15, -0.1) is 0 Å². The van der Waals surface area contributed by atoms with Crippen molar-refractivity contribution in [2.75, 3.05) is 5.32 Å². The van der Waals surface area contributed by atoms with Crippen molar-refractivity contribution < 1.29 is 4.92 Å². The molecule has 0 aromatic carbocycles. The van der Waals surface area contributed by atoms with Gasteiger partial charge in [0.1, 0.15) is 11.9 Å². The summed E-state index contributed by atoms with van der Waals surface area (Å²) < 4.78 is 0.620. The maximum atomic E-state index is 10.9. The Bertz CT molecular complexity index is 398. The molecule has 0 amide bonds. The maximum Gasteiger partial charge on any atom is 0.311 e. The van der Waals surface area contributed by atoms with Crippen LogP contribution in [0.15, 0.2) is 16.9 Å². The van der Waals surface area contributed by atoms with E-state index in [0.29, 0.717) is 10.2 Å². The fraction of sp³-hybridized carbons (Fsp3) is 0.545. The number of unbranched alkanes of at least 4 members (excludes halogenated alkanes) is 1. The zero-order valence-corrected chi connectivity index (χ0v) is 11.5. The lowest BCUT2D eigenvalue weighted by Gasteiger charge is -2.15. The van der Waals surface area contributed by atoms with Crippen molar-refractivity contribution >= 4 is 27.3 Å². The molecule has 1 rings (SSSR count). The minimum Gasteiger partial charge on any atom is -0.376 e. The first-order valence-electron chi connectivity index (χ1n) is 5.60. The number of nitro groups is 1. The van der Waals surface area contributed by atoms with Crippen molar-refractivity contribution in [1.29, 1.82) is 0 Å². The largest absolute Gasteiger partial charge is 0.376 e. The summed E-state index contributed by atoms with van der Waals surface area (Å²) in [4.78, 5) is 14.3. The number of aromatic nitrogens is 1. The molecule has 0 bridgehead atoms. The molecule has 6 heteroatoms. The summed E-state index contributed by atoms with van der Waals surface area (Å²) >= 11 is 3.28. The zero-order valence-electron chi connectivity index (χ0n) is 9.94. The molecule has 94 valence electrons. The van der Waals surface area contributed by atoms with E-state index in [-0.39, 0.29) is 11.7 Å². The molecule has 0 fully saturated rings. The van der Waals surface area contributed by atoms with Gasteiger partial charge in [-0.05, 0) is 29.3 Å². The van der Waals surface area contributed by atoms with Crippen molar-refractivity contribution in [2.45, 2.75) is 39.2 Å². The van der Waals surface area contributed by atoms with Crippen molar-refractivity contribution in [3.63, 3.8) is 0 Å². The van der Waals surface area contributed by atoms with E-state index < -0.39 is 4.92 Å². The zero-order chi connectivity index (χ0) is 12.8. The number of nitrogens with zero attached hydrogens (tertiary/aromatic N) is 2. The Morgan fingerprint density at radius 1 is 1.59 bits per heavy atom. The Labute approximate surface area is 109 Å². The third kappa shape index (κ3) is 3.96. The second kappa shape index (κ2) is 6.54. The van der Waals surface area contributed by atoms with E-state index in [2.05, 4.69) is 33.2 Å². The van der Waals surface area contributed by atoms with Crippen LogP contribution in [0.4, 0.5) is 11.4 Å². The molecule has 1 atom stereocenters. The SMILES string of the molecule is CCCCC(C)Nc1c(Br)cncc1[N+](=O)[O-]. The van der Waals surface area contributed by atoms with Gasteiger partial charge in [-0.25, -0.2) is 0 Å². The molecule has 1 unspecified atom stereocenters. The predicted molar refractivity (Wildman–Crippen MR) is 71.2 cm³/mol.